The minimum absolute atomic E-state index is 0.0809. The van der Waals surface area contributed by atoms with Gasteiger partial charge in [0.1, 0.15) is 6.04 Å². The molecule has 0 aromatic heterocycles. The highest BCUT2D eigenvalue weighted by Gasteiger charge is 2.29. The third-order valence-electron chi connectivity index (χ3n) is 3.12. The van der Waals surface area contributed by atoms with Gasteiger partial charge in [0.15, 0.2) is 0 Å². The van der Waals surface area contributed by atoms with Crippen LogP contribution in [0.1, 0.15) is 27.2 Å². The molecule has 0 radical (unpaired) electrons. The molecule has 3 atom stereocenters. The SMILES string of the molecule is CCC(C)C(NC(N)=O)C(=O)N(C)CC(C)C(=O)O. The van der Waals surface area contributed by atoms with Gasteiger partial charge >= 0.3 is 12.0 Å². The molecule has 0 aliphatic heterocycles. The molecule has 7 heteroatoms. The summed E-state index contributed by atoms with van der Waals surface area (Å²) in [5.74, 6) is -2.05. The molecule has 110 valence electrons. The predicted octanol–water partition coefficient (Wildman–Crippen LogP) is 0.249. The van der Waals surface area contributed by atoms with Crippen LogP contribution in [-0.2, 0) is 9.59 Å². The zero-order chi connectivity index (χ0) is 15.2. The van der Waals surface area contributed by atoms with Crippen LogP contribution in [0.2, 0.25) is 0 Å². The number of carboxylic acid groups (broad SMARTS) is 1. The first-order valence-corrected chi connectivity index (χ1v) is 6.24. The maximum Gasteiger partial charge on any atom is 0.312 e. The van der Waals surface area contributed by atoms with Gasteiger partial charge in [-0.1, -0.05) is 27.2 Å². The first kappa shape index (κ1) is 17.2. The van der Waals surface area contributed by atoms with Crippen molar-refractivity contribution in [2.75, 3.05) is 13.6 Å². The minimum atomic E-state index is -0.970. The number of nitrogens with two attached hydrogens (primary N) is 1. The van der Waals surface area contributed by atoms with Gasteiger partial charge in [0.2, 0.25) is 5.91 Å². The number of urea groups is 1. The summed E-state index contributed by atoms with van der Waals surface area (Å²) >= 11 is 0. The van der Waals surface area contributed by atoms with Crippen LogP contribution in [0, 0.1) is 11.8 Å². The van der Waals surface area contributed by atoms with Crippen LogP contribution in [-0.4, -0.2) is 47.5 Å². The Balaban J connectivity index is 4.78. The molecule has 3 amide bonds. The Morgan fingerprint density at radius 1 is 1.32 bits per heavy atom. The summed E-state index contributed by atoms with van der Waals surface area (Å²) < 4.78 is 0. The van der Waals surface area contributed by atoms with Crippen molar-refractivity contribution >= 4 is 17.9 Å². The summed E-state index contributed by atoms with van der Waals surface area (Å²) in [6, 6.07) is -1.49. The molecular formula is C12H23N3O4. The number of carboxylic acids is 1. The number of hydrogen-bond acceptors (Lipinski definition) is 3. The van der Waals surface area contributed by atoms with Crippen LogP contribution in [0.3, 0.4) is 0 Å². The molecular weight excluding hydrogens is 250 g/mol. The van der Waals surface area contributed by atoms with Crippen molar-refractivity contribution in [1.29, 1.82) is 0 Å². The van der Waals surface area contributed by atoms with E-state index in [-0.39, 0.29) is 18.4 Å². The molecule has 7 nitrogen and oxygen atoms in total. The molecule has 0 fully saturated rings. The molecule has 3 unspecified atom stereocenters. The van der Waals surface area contributed by atoms with Gasteiger partial charge in [0, 0.05) is 13.6 Å². The number of carbonyl (C=O) groups is 3. The van der Waals surface area contributed by atoms with Crippen molar-refractivity contribution in [3.63, 3.8) is 0 Å². The fraction of sp³-hybridized carbons (Fsp3) is 0.750. The van der Waals surface area contributed by atoms with Crippen LogP contribution in [0.15, 0.2) is 0 Å². The molecule has 0 saturated carbocycles. The number of rotatable bonds is 7. The van der Waals surface area contributed by atoms with Gasteiger partial charge in [0.05, 0.1) is 5.92 Å². The van der Waals surface area contributed by atoms with Gasteiger partial charge < -0.3 is 21.1 Å². The maximum absolute atomic E-state index is 12.2. The van der Waals surface area contributed by atoms with Gasteiger partial charge in [-0.05, 0) is 5.92 Å². The number of nitrogens with zero attached hydrogens (tertiary/aromatic N) is 1. The van der Waals surface area contributed by atoms with Crippen molar-refractivity contribution in [3.8, 4) is 0 Å². The van der Waals surface area contributed by atoms with E-state index in [9.17, 15) is 14.4 Å². The Morgan fingerprint density at radius 3 is 2.21 bits per heavy atom. The van der Waals surface area contributed by atoms with Crippen LogP contribution >= 0.6 is 0 Å². The number of aliphatic carboxylic acids is 1. The summed E-state index contributed by atoms with van der Waals surface area (Å²) in [5, 5.41) is 11.2. The second-order valence-electron chi connectivity index (χ2n) is 4.83. The van der Waals surface area contributed by atoms with Gasteiger partial charge in [-0.2, -0.15) is 0 Å². The Kier molecular flexibility index (Phi) is 6.89. The number of amides is 3. The standard InChI is InChI=1S/C12H23N3O4/c1-5-7(2)9(14-12(13)19)10(16)15(4)6-8(3)11(17)18/h7-9H,5-6H2,1-4H3,(H,17,18)(H3,13,14,19). The Hall–Kier alpha value is -1.79. The Labute approximate surface area is 113 Å². The number of carbonyl (C=O) groups excluding carboxylic acids is 2. The maximum atomic E-state index is 12.2. The molecule has 0 rings (SSSR count). The molecule has 0 aliphatic rings. The van der Waals surface area contributed by atoms with Crippen LogP contribution in [0.5, 0.6) is 0 Å². The van der Waals surface area contributed by atoms with Crippen LogP contribution in [0.25, 0.3) is 0 Å². The Bertz CT molecular complexity index is 346. The minimum Gasteiger partial charge on any atom is -0.481 e. The third kappa shape index (κ3) is 5.58. The molecule has 0 aromatic carbocycles. The monoisotopic (exact) mass is 273 g/mol. The molecule has 0 bridgehead atoms. The van der Waals surface area contributed by atoms with E-state index >= 15 is 0 Å². The Morgan fingerprint density at radius 2 is 1.84 bits per heavy atom. The van der Waals surface area contributed by atoms with Crippen LogP contribution in [0.4, 0.5) is 4.79 Å². The highest BCUT2D eigenvalue weighted by Crippen LogP contribution is 2.11. The second kappa shape index (κ2) is 7.60. The normalized spacial score (nSPS) is 15.2. The summed E-state index contributed by atoms with van der Waals surface area (Å²) in [4.78, 5) is 35.2. The van der Waals surface area contributed by atoms with Crippen molar-refractivity contribution in [2.24, 2.45) is 17.6 Å². The summed E-state index contributed by atoms with van der Waals surface area (Å²) in [6.07, 6.45) is 0.693. The highest BCUT2D eigenvalue weighted by atomic mass is 16.4. The van der Waals surface area contributed by atoms with Gasteiger partial charge in [-0.3, -0.25) is 9.59 Å². The lowest BCUT2D eigenvalue weighted by molar-refractivity contribution is -0.143. The van der Waals surface area contributed by atoms with E-state index in [1.807, 2.05) is 13.8 Å². The molecule has 0 saturated heterocycles. The van der Waals surface area contributed by atoms with Gasteiger partial charge in [-0.25, -0.2) is 4.79 Å². The van der Waals surface area contributed by atoms with Crippen molar-refractivity contribution in [2.45, 2.75) is 33.2 Å². The molecule has 0 aliphatic carbocycles. The average Bonchev–Trinajstić information content (AvgIpc) is 2.33. The highest BCUT2D eigenvalue weighted by molar-refractivity contribution is 5.87. The average molecular weight is 273 g/mol. The van der Waals surface area contributed by atoms with E-state index in [1.165, 1.54) is 18.9 Å². The fourth-order valence-electron chi connectivity index (χ4n) is 1.65. The third-order valence-corrected chi connectivity index (χ3v) is 3.12. The smallest absolute Gasteiger partial charge is 0.312 e. The fourth-order valence-corrected chi connectivity index (χ4v) is 1.65. The van der Waals surface area contributed by atoms with E-state index < -0.39 is 24.0 Å². The molecule has 4 N–H and O–H groups in total. The van der Waals surface area contributed by atoms with E-state index in [4.69, 9.17) is 10.8 Å². The topological polar surface area (TPSA) is 113 Å². The quantitative estimate of drug-likeness (QED) is 0.617. The zero-order valence-corrected chi connectivity index (χ0v) is 11.8. The lowest BCUT2D eigenvalue weighted by Gasteiger charge is -2.28. The van der Waals surface area contributed by atoms with Crippen molar-refractivity contribution in [3.05, 3.63) is 0 Å². The lowest BCUT2D eigenvalue weighted by atomic mass is 9.97. The van der Waals surface area contributed by atoms with E-state index in [1.54, 1.807) is 0 Å². The van der Waals surface area contributed by atoms with Gasteiger partial charge in [0.25, 0.3) is 0 Å². The van der Waals surface area contributed by atoms with Crippen molar-refractivity contribution in [1.82, 2.24) is 10.2 Å². The van der Waals surface area contributed by atoms with Crippen molar-refractivity contribution < 1.29 is 19.5 Å². The lowest BCUT2D eigenvalue weighted by Crippen LogP contribution is -2.53. The first-order chi connectivity index (χ1) is 8.70. The second-order valence-corrected chi connectivity index (χ2v) is 4.83. The molecule has 19 heavy (non-hydrogen) atoms. The van der Waals surface area contributed by atoms with Gasteiger partial charge in [-0.15, -0.1) is 0 Å². The number of nitrogens with one attached hydrogen (secondary N) is 1. The largest absolute Gasteiger partial charge is 0.481 e. The number of primary amides is 1. The predicted molar refractivity (Wildman–Crippen MR) is 70.4 cm³/mol. The first-order valence-electron chi connectivity index (χ1n) is 6.24. The zero-order valence-electron chi connectivity index (χ0n) is 11.8. The van der Waals surface area contributed by atoms with Crippen LogP contribution < -0.4 is 11.1 Å². The molecule has 0 heterocycles. The molecule has 0 aromatic rings. The summed E-state index contributed by atoms with van der Waals surface area (Å²) in [5.41, 5.74) is 5.06. The summed E-state index contributed by atoms with van der Waals surface area (Å²) in [7, 11) is 1.51. The van der Waals surface area contributed by atoms with E-state index in [0.29, 0.717) is 6.42 Å². The van der Waals surface area contributed by atoms with E-state index in [0.717, 1.165) is 0 Å². The van der Waals surface area contributed by atoms with E-state index in [2.05, 4.69) is 5.32 Å². The molecule has 0 spiro atoms. The number of likely N-dealkylation sites (N-methyl/N-ethyl adjacent to an activating group) is 1. The summed E-state index contributed by atoms with van der Waals surface area (Å²) in [6.45, 7) is 5.33. The number of hydrogen-bond donors (Lipinski definition) is 3.